The molecule has 0 bridgehead atoms. The summed E-state index contributed by atoms with van der Waals surface area (Å²) in [6.45, 7) is 0. The second-order valence-electron chi connectivity index (χ2n) is 13.1. The van der Waals surface area contributed by atoms with Crippen molar-refractivity contribution in [1.29, 1.82) is 5.26 Å². The summed E-state index contributed by atoms with van der Waals surface area (Å²) >= 11 is 0. The average Bonchev–Trinajstić information content (AvgIpc) is 3.74. The van der Waals surface area contributed by atoms with Crippen LogP contribution >= 0.6 is 0 Å². The minimum atomic E-state index is 0.629. The number of hydrogen-bond acceptors (Lipinski definition) is 2. The van der Waals surface area contributed by atoms with E-state index in [4.69, 9.17) is 4.98 Å². The maximum Gasteiger partial charge on any atom is 0.0992 e. The van der Waals surface area contributed by atoms with E-state index in [-0.39, 0.29) is 0 Å². The minimum Gasteiger partial charge on any atom is -0.309 e. The van der Waals surface area contributed by atoms with Crippen molar-refractivity contribution in [1.82, 2.24) is 14.1 Å². The molecule has 0 saturated carbocycles. The Morgan fingerprint density at radius 2 is 1.02 bits per heavy atom. The predicted molar refractivity (Wildman–Crippen MR) is 214 cm³/mol. The van der Waals surface area contributed by atoms with E-state index in [1.54, 1.807) is 0 Å². The second-order valence-corrected chi connectivity index (χ2v) is 13.1. The highest BCUT2D eigenvalue weighted by Gasteiger charge is 2.21. The Kier molecular flexibility index (Phi) is 6.84. The molecule has 10 rings (SSSR count). The van der Waals surface area contributed by atoms with Crippen molar-refractivity contribution in [3.05, 3.63) is 188 Å². The fourth-order valence-corrected chi connectivity index (χ4v) is 7.78. The fourth-order valence-electron chi connectivity index (χ4n) is 7.78. The van der Waals surface area contributed by atoms with Crippen LogP contribution in [-0.2, 0) is 0 Å². The molecule has 0 N–H and O–H groups in total. The first-order chi connectivity index (χ1) is 25.7. The number of nitriles is 1. The van der Waals surface area contributed by atoms with Gasteiger partial charge in [0.15, 0.2) is 0 Å². The van der Waals surface area contributed by atoms with E-state index in [9.17, 15) is 5.26 Å². The van der Waals surface area contributed by atoms with Crippen molar-refractivity contribution < 1.29 is 0 Å². The van der Waals surface area contributed by atoms with Gasteiger partial charge < -0.3 is 9.13 Å². The van der Waals surface area contributed by atoms with Crippen LogP contribution in [0.3, 0.4) is 0 Å². The van der Waals surface area contributed by atoms with Crippen LogP contribution in [0.2, 0.25) is 0 Å². The van der Waals surface area contributed by atoms with Crippen molar-refractivity contribution in [3.63, 3.8) is 0 Å². The molecule has 0 spiro atoms. The Balaban J connectivity index is 1.27. The standard InChI is InChI=1S/C48H30N4/c49-31-32-23-24-39-40-25-26-45-47(41-21-10-11-22-44(41)51(45)37-18-8-3-9-19-37)48(40)52(46(39)27-32)38-20-12-17-35(28-38)36-29-42(33-13-4-1-5-14-33)50-43(30-36)34-15-6-2-7-16-34/h1-30H. The molecule has 7 aromatic carbocycles. The molecule has 0 atom stereocenters. The predicted octanol–water partition coefficient (Wildman–Crippen LogP) is 12.1. The maximum atomic E-state index is 10.0. The van der Waals surface area contributed by atoms with Gasteiger partial charge >= 0.3 is 0 Å². The Morgan fingerprint density at radius 1 is 0.404 bits per heavy atom. The van der Waals surface area contributed by atoms with Gasteiger partial charge in [-0.2, -0.15) is 5.26 Å². The number of aromatic nitrogens is 3. The molecule has 0 unspecified atom stereocenters. The Morgan fingerprint density at radius 3 is 1.73 bits per heavy atom. The van der Waals surface area contributed by atoms with Gasteiger partial charge in [-0.25, -0.2) is 4.98 Å². The van der Waals surface area contributed by atoms with E-state index in [2.05, 4.69) is 173 Å². The molecule has 3 aromatic heterocycles. The summed E-state index contributed by atoms with van der Waals surface area (Å²) in [6, 6.07) is 66.0. The van der Waals surface area contributed by atoms with Gasteiger partial charge in [0.25, 0.3) is 0 Å². The molecule has 3 heterocycles. The summed E-state index contributed by atoms with van der Waals surface area (Å²) in [6.07, 6.45) is 0. The van der Waals surface area contributed by atoms with E-state index in [0.717, 1.165) is 77.9 Å². The smallest absolute Gasteiger partial charge is 0.0992 e. The van der Waals surface area contributed by atoms with Crippen molar-refractivity contribution in [2.24, 2.45) is 0 Å². The lowest BCUT2D eigenvalue weighted by Crippen LogP contribution is -1.96. The third-order valence-corrected chi connectivity index (χ3v) is 10.1. The van der Waals surface area contributed by atoms with E-state index in [0.29, 0.717) is 5.56 Å². The van der Waals surface area contributed by atoms with Crippen LogP contribution in [0.25, 0.3) is 88.6 Å². The monoisotopic (exact) mass is 662 g/mol. The second kappa shape index (κ2) is 12.0. The number of nitrogens with zero attached hydrogens (tertiary/aromatic N) is 4. The van der Waals surface area contributed by atoms with Crippen LogP contribution in [-0.4, -0.2) is 14.1 Å². The maximum absolute atomic E-state index is 10.0. The molecule has 4 nitrogen and oxygen atoms in total. The Bertz CT molecular complexity index is 2940. The molecular weight excluding hydrogens is 633 g/mol. The van der Waals surface area contributed by atoms with Crippen LogP contribution < -0.4 is 0 Å². The molecule has 10 aromatic rings. The number of para-hydroxylation sites is 2. The largest absolute Gasteiger partial charge is 0.309 e. The highest BCUT2D eigenvalue weighted by molar-refractivity contribution is 6.26. The van der Waals surface area contributed by atoms with E-state index in [1.807, 2.05) is 24.3 Å². The van der Waals surface area contributed by atoms with Gasteiger partial charge in [-0.1, -0.05) is 121 Å². The molecule has 0 radical (unpaired) electrons. The lowest BCUT2D eigenvalue weighted by Gasteiger charge is -2.13. The lowest BCUT2D eigenvalue weighted by molar-refractivity contribution is 1.17. The minimum absolute atomic E-state index is 0.629. The molecule has 0 aliphatic carbocycles. The van der Waals surface area contributed by atoms with Crippen LogP contribution in [0.4, 0.5) is 0 Å². The quantitative estimate of drug-likeness (QED) is 0.184. The average molecular weight is 663 g/mol. The first-order valence-corrected chi connectivity index (χ1v) is 17.4. The zero-order valence-electron chi connectivity index (χ0n) is 28.1. The topological polar surface area (TPSA) is 46.5 Å². The summed E-state index contributed by atoms with van der Waals surface area (Å²) < 4.78 is 4.72. The van der Waals surface area contributed by atoms with Crippen LogP contribution in [0.15, 0.2) is 182 Å². The molecule has 0 fully saturated rings. The van der Waals surface area contributed by atoms with Crippen molar-refractivity contribution in [3.8, 4) is 51.1 Å². The lowest BCUT2D eigenvalue weighted by atomic mass is 9.99. The summed E-state index contributed by atoms with van der Waals surface area (Å²) in [5.41, 5.74) is 13.3. The highest BCUT2D eigenvalue weighted by atomic mass is 15.0. The molecule has 52 heavy (non-hydrogen) atoms. The van der Waals surface area contributed by atoms with Crippen LogP contribution in [0.5, 0.6) is 0 Å². The summed E-state index contributed by atoms with van der Waals surface area (Å²) in [5.74, 6) is 0. The Hall–Kier alpha value is -7.22. The van der Waals surface area contributed by atoms with Crippen molar-refractivity contribution in [2.45, 2.75) is 0 Å². The fraction of sp³-hybridized carbons (Fsp3) is 0. The third kappa shape index (κ3) is 4.72. The van der Waals surface area contributed by atoms with Gasteiger partial charge in [0.05, 0.1) is 45.1 Å². The van der Waals surface area contributed by atoms with Gasteiger partial charge in [-0.15, -0.1) is 0 Å². The molecule has 0 amide bonds. The number of pyridine rings is 1. The molecule has 0 aliphatic heterocycles. The SMILES string of the molecule is N#Cc1ccc2c3ccc4c(c5ccccc5n4-c4ccccc4)c3n(-c3cccc(-c4cc(-c5ccccc5)nc(-c5ccccc5)c4)c3)c2c1. The number of rotatable bonds is 5. The number of fused-ring (bicyclic) bond motifs is 7. The van der Waals surface area contributed by atoms with Crippen LogP contribution in [0.1, 0.15) is 5.56 Å². The van der Waals surface area contributed by atoms with Gasteiger partial charge in [0.1, 0.15) is 0 Å². The normalized spacial score (nSPS) is 11.4. The molecule has 242 valence electrons. The Labute approximate surface area is 300 Å². The molecule has 0 saturated heterocycles. The first-order valence-electron chi connectivity index (χ1n) is 17.4. The van der Waals surface area contributed by atoms with Crippen molar-refractivity contribution >= 4 is 43.6 Å². The van der Waals surface area contributed by atoms with E-state index in [1.165, 1.54) is 10.8 Å². The van der Waals surface area contributed by atoms with Crippen LogP contribution in [0, 0.1) is 11.3 Å². The van der Waals surface area contributed by atoms with E-state index < -0.39 is 0 Å². The van der Waals surface area contributed by atoms with E-state index >= 15 is 0 Å². The summed E-state index contributed by atoms with van der Waals surface area (Å²) in [4.78, 5) is 5.12. The first kappa shape index (κ1) is 29.7. The number of benzene rings is 7. The zero-order valence-corrected chi connectivity index (χ0v) is 28.1. The molecule has 0 aliphatic rings. The van der Waals surface area contributed by atoms with Crippen molar-refractivity contribution in [2.75, 3.05) is 0 Å². The number of hydrogen-bond donors (Lipinski definition) is 0. The van der Waals surface area contributed by atoms with Gasteiger partial charge in [-0.05, 0) is 71.8 Å². The zero-order chi connectivity index (χ0) is 34.6. The van der Waals surface area contributed by atoms with Gasteiger partial charge in [-0.3, -0.25) is 0 Å². The summed E-state index contributed by atoms with van der Waals surface area (Å²) in [7, 11) is 0. The highest BCUT2D eigenvalue weighted by Crippen LogP contribution is 2.42. The molecule has 4 heteroatoms. The molecular formula is C48H30N4. The van der Waals surface area contributed by atoms with Gasteiger partial charge in [0, 0.05) is 44.0 Å². The van der Waals surface area contributed by atoms with Gasteiger partial charge in [0.2, 0.25) is 0 Å². The third-order valence-electron chi connectivity index (χ3n) is 10.1. The summed E-state index contributed by atoms with van der Waals surface area (Å²) in [5, 5.41) is 14.7.